The van der Waals surface area contributed by atoms with Gasteiger partial charge in [0.05, 0.1) is 46.2 Å². The second-order valence-corrected chi connectivity index (χ2v) is 6.10. The highest BCUT2D eigenvalue weighted by Crippen LogP contribution is 2.08. The minimum Gasteiger partial charge on any atom is -0.379 e. The zero-order valence-electron chi connectivity index (χ0n) is 15.1. The van der Waals surface area contributed by atoms with Crippen molar-refractivity contribution in [3.8, 4) is 0 Å². The molecule has 0 radical (unpaired) electrons. The molecule has 0 spiro atoms. The van der Waals surface area contributed by atoms with Crippen molar-refractivity contribution in [3.63, 3.8) is 0 Å². The van der Waals surface area contributed by atoms with Crippen LogP contribution in [0.1, 0.15) is 58.3 Å². The van der Waals surface area contributed by atoms with Gasteiger partial charge in [-0.1, -0.05) is 51.9 Å². The van der Waals surface area contributed by atoms with Crippen LogP contribution in [0.15, 0.2) is 0 Å². The molecule has 0 aromatic heterocycles. The first kappa shape index (κ1) is 23.2. The largest absolute Gasteiger partial charge is 0.379 e. The molecule has 0 aromatic carbocycles. The van der Waals surface area contributed by atoms with Gasteiger partial charge >= 0.3 is 0 Å². The van der Waals surface area contributed by atoms with Gasteiger partial charge in [-0.15, -0.1) is 0 Å². The van der Waals surface area contributed by atoms with Gasteiger partial charge in [0, 0.05) is 12.4 Å². The van der Waals surface area contributed by atoms with Gasteiger partial charge < -0.3 is 18.9 Å². The molecule has 140 valence electrons. The van der Waals surface area contributed by atoms with Crippen LogP contribution in [0.3, 0.4) is 0 Å². The fourth-order valence-corrected chi connectivity index (χ4v) is 2.29. The molecule has 0 rings (SSSR count). The Balaban J connectivity index is 2.92. The highest BCUT2D eigenvalue weighted by molar-refractivity contribution is 7.80. The quantitative estimate of drug-likeness (QED) is 0.265. The lowest BCUT2D eigenvalue weighted by Gasteiger charge is -2.07. The van der Waals surface area contributed by atoms with Crippen LogP contribution in [0.25, 0.3) is 0 Å². The normalized spacial score (nSPS) is 11.2. The molecule has 0 aliphatic rings. The van der Waals surface area contributed by atoms with Crippen LogP contribution >= 0.6 is 12.6 Å². The van der Waals surface area contributed by atoms with Crippen molar-refractivity contribution >= 4 is 12.6 Å². The van der Waals surface area contributed by atoms with Gasteiger partial charge in [0.15, 0.2) is 0 Å². The van der Waals surface area contributed by atoms with Crippen LogP contribution < -0.4 is 0 Å². The van der Waals surface area contributed by atoms with Gasteiger partial charge in [-0.3, -0.25) is 0 Å². The van der Waals surface area contributed by atoms with Gasteiger partial charge in [-0.25, -0.2) is 0 Å². The fourth-order valence-electron chi connectivity index (χ4n) is 2.16. The predicted molar refractivity (Wildman–Crippen MR) is 99.7 cm³/mol. The summed E-state index contributed by atoms with van der Waals surface area (Å²) in [5.41, 5.74) is 0. The average molecular weight is 351 g/mol. The van der Waals surface area contributed by atoms with Crippen molar-refractivity contribution in [2.45, 2.75) is 58.3 Å². The Hall–Kier alpha value is 0.190. The Labute approximate surface area is 149 Å². The van der Waals surface area contributed by atoms with E-state index >= 15 is 0 Å². The van der Waals surface area contributed by atoms with Crippen molar-refractivity contribution < 1.29 is 18.9 Å². The van der Waals surface area contributed by atoms with Gasteiger partial charge in [-0.05, 0) is 6.42 Å². The van der Waals surface area contributed by atoms with Crippen LogP contribution in [0.5, 0.6) is 0 Å². The molecule has 0 saturated carbocycles. The zero-order chi connectivity index (χ0) is 16.8. The molecular formula is C18H38O4S. The third kappa shape index (κ3) is 22.2. The van der Waals surface area contributed by atoms with E-state index in [0.29, 0.717) is 46.2 Å². The first-order chi connectivity index (χ1) is 11.4. The smallest absolute Gasteiger partial charge is 0.0701 e. The van der Waals surface area contributed by atoms with Gasteiger partial charge in [-0.2, -0.15) is 12.6 Å². The number of hydrogen-bond donors (Lipinski definition) is 1. The van der Waals surface area contributed by atoms with Gasteiger partial charge in [0.25, 0.3) is 0 Å². The fraction of sp³-hybridized carbons (Fsp3) is 1.00. The molecule has 4 nitrogen and oxygen atoms in total. The van der Waals surface area contributed by atoms with E-state index < -0.39 is 0 Å². The SMILES string of the molecule is CCCCCCCCCCOCCOCCOCCOCCS. The lowest BCUT2D eigenvalue weighted by Crippen LogP contribution is -2.12. The van der Waals surface area contributed by atoms with Crippen molar-refractivity contribution in [1.82, 2.24) is 0 Å². The van der Waals surface area contributed by atoms with Crippen molar-refractivity contribution in [3.05, 3.63) is 0 Å². The maximum Gasteiger partial charge on any atom is 0.0701 e. The van der Waals surface area contributed by atoms with Gasteiger partial charge in [0.2, 0.25) is 0 Å². The topological polar surface area (TPSA) is 36.9 Å². The van der Waals surface area contributed by atoms with E-state index in [-0.39, 0.29) is 0 Å². The maximum atomic E-state index is 5.56. The number of hydrogen-bond acceptors (Lipinski definition) is 5. The molecule has 0 N–H and O–H groups in total. The van der Waals surface area contributed by atoms with Crippen molar-refractivity contribution in [2.75, 3.05) is 58.6 Å². The van der Waals surface area contributed by atoms with Crippen LogP contribution in [0.4, 0.5) is 0 Å². The van der Waals surface area contributed by atoms with E-state index in [9.17, 15) is 0 Å². The molecule has 0 amide bonds. The standard InChI is InChI=1S/C18H38O4S/c1-2-3-4-5-6-7-8-9-10-19-11-12-20-13-14-21-15-16-22-17-18-23/h23H,2-18H2,1H3. The molecule has 0 aromatic rings. The number of rotatable bonds is 20. The summed E-state index contributed by atoms with van der Waals surface area (Å²) in [6.07, 6.45) is 10.7. The van der Waals surface area contributed by atoms with Gasteiger partial charge in [0.1, 0.15) is 0 Å². The van der Waals surface area contributed by atoms with E-state index in [1.807, 2.05) is 0 Å². The molecular weight excluding hydrogens is 312 g/mol. The Morgan fingerprint density at radius 2 is 0.870 bits per heavy atom. The Morgan fingerprint density at radius 1 is 0.478 bits per heavy atom. The molecule has 0 saturated heterocycles. The Kier molecular flexibility index (Phi) is 22.4. The Bertz CT molecular complexity index is 185. The maximum absolute atomic E-state index is 5.56. The summed E-state index contributed by atoms with van der Waals surface area (Å²) < 4.78 is 21.6. The van der Waals surface area contributed by atoms with Crippen LogP contribution in [0.2, 0.25) is 0 Å². The highest BCUT2D eigenvalue weighted by atomic mass is 32.1. The third-order valence-corrected chi connectivity index (χ3v) is 3.68. The molecule has 0 fully saturated rings. The molecule has 0 heterocycles. The molecule has 0 bridgehead atoms. The summed E-state index contributed by atoms with van der Waals surface area (Å²) in [5, 5.41) is 0. The minimum absolute atomic E-state index is 0.613. The lowest BCUT2D eigenvalue weighted by molar-refractivity contribution is -0.000579. The number of unbranched alkanes of at least 4 members (excludes halogenated alkanes) is 7. The highest BCUT2D eigenvalue weighted by Gasteiger charge is 1.94. The Morgan fingerprint density at radius 3 is 1.35 bits per heavy atom. The first-order valence-electron chi connectivity index (χ1n) is 9.33. The average Bonchev–Trinajstić information content (AvgIpc) is 2.57. The monoisotopic (exact) mass is 350 g/mol. The summed E-state index contributed by atoms with van der Waals surface area (Å²) in [7, 11) is 0. The number of thiol groups is 1. The van der Waals surface area contributed by atoms with Crippen LogP contribution in [-0.2, 0) is 18.9 Å². The molecule has 23 heavy (non-hydrogen) atoms. The molecule has 0 aliphatic carbocycles. The minimum atomic E-state index is 0.613. The molecule has 0 unspecified atom stereocenters. The van der Waals surface area contributed by atoms with E-state index in [4.69, 9.17) is 18.9 Å². The van der Waals surface area contributed by atoms with Crippen molar-refractivity contribution in [1.29, 1.82) is 0 Å². The second-order valence-electron chi connectivity index (χ2n) is 5.65. The first-order valence-corrected chi connectivity index (χ1v) is 9.97. The molecule has 5 heteroatoms. The summed E-state index contributed by atoms with van der Waals surface area (Å²) in [6, 6.07) is 0. The van der Waals surface area contributed by atoms with E-state index in [1.165, 1.54) is 51.4 Å². The second kappa shape index (κ2) is 22.2. The van der Waals surface area contributed by atoms with Crippen LogP contribution in [-0.4, -0.2) is 58.6 Å². The van der Waals surface area contributed by atoms with Crippen molar-refractivity contribution in [2.24, 2.45) is 0 Å². The van der Waals surface area contributed by atoms with E-state index in [2.05, 4.69) is 19.6 Å². The summed E-state index contributed by atoms with van der Waals surface area (Å²) >= 11 is 4.06. The number of ether oxygens (including phenoxy) is 4. The van der Waals surface area contributed by atoms with E-state index in [1.54, 1.807) is 0 Å². The lowest BCUT2D eigenvalue weighted by atomic mass is 10.1. The third-order valence-electron chi connectivity index (χ3n) is 3.49. The summed E-state index contributed by atoms with van der Waals surface area (Å²) in [4.78, 5) is 0. The molecule has 0 aliphatic heterocycles. The zero-order valence-corrected chi connectivity index (χ0v) is 16.0. The van der Waals surface area contributed by atoms with Crippen LogP contribution in [0, 0.1) is 0 Å². The summed E-state index contributed by atoms with van der Waals surface area (Å²) in [5.74, 6) is 0.752. The summed E-state index contributed by atoms with van der Waals surface area (Å²) in [6.45, 7) is 7.61. The van der Waals surface area contributed by atoms with E-state index in [0.717, 1.165) is 12.4 Å². The predicted octanol–water partition coefficient (Wildman–Crippen LogP) is 4.12. The molecule has 0 atom stereocenters.